The number of aliphatic hydroxyl groups is 8. The van der Waals surface area contributed by atoms with E-state index in [2.05, 4.69) is 55.6 Å². The Bertz CT molecular complexity index is 1590. The molecule has 0 aromatic rings. The van der Waals surface area contributed by atoms with Gasteiger partial charge in [-0.2, -0.15) is 0 Å². The average Bonchev–Trinajstić information content (AvgIpc) is 3.18. The van der Waals surface area contributed by atoms with E-state index in [0.29, 0.717) is 6.42 Å². The number of aliphatic hydroxyl groups excluding tert-OH is 8. The molecule has 0 aromatic heterocycles. The van der Waals surface area contributed by atoms with E-state index in [9.17, 15) is 45.6 Å². The van der Waals surface area contributed by atoms with Crippen molar-refractivity contribution in [3.05, 3.63) is 48.6 Å². The van der Waals surface area contributed by atoms with Crippen molar-refractivity contribution in [2.75, 3.05) is 19.8 Å². The fourth-order valence-electron chi connectivity index (χ4n) is 11.4. The Morgan fingerprint density at radius 1 is 0.429 bits per heavy atom. The number of nitrogens with one attached hydrogen (secondary N) is 1. The first kappa shape index (κ1) is 78.0. The topological polar surface area (TPSA) is 228 Å². The molecule has 14 heteroatoms. The van der Waals surface area contributed by atoms with E-state index < -0.39 is 86.8 Å². The number of allylic oxidation sites excluding steroid dienone is 7. The van der Waals surface area contributed by atoms with Gasteiger partial charge < -0.3 is 65.1 Å². The van der Waals surface area contributed by atoms with Crippen LogP contribution in [0.2, 0.25) is 0 Å². The van der Waals surface area contributed by atoms with E-state index >= 15 is 0 Å². The van der Waals surface area contributed by atoms with Gasteiger partial charge in [-0.3, -0.25) is 4.79 Å². The van der Waals surface area contributed by atoms with Gasteiger partial charge in [-0.25, -0.2) is 0 Å². The Balaban J connectivity index is 1.70. The van der Waals surface area contributed by atoms with Gasteiger partial charge in [0.2, 0.25) is 5.91 Å². The van der Waals surface area contributed by atoms with Crippen LogP contribution in [0.3, 0.4) is 0 Å². The van der Waals surface area contributed by atoms with Crippen LogP contribution < -0.4 is 5.32 Å². The van der Waals surface area contributed by atoms with Crippen molar-refractivity contribution >= 4 is 5.91 Å². The van der Waals surface area contributed by atoms with Crippen molar-refractivity contribution in [3.8, 4) is 0 Å². The normalized spacial score (nSPS) is 23.9. The zero-order valence-electron chi connectivity index (χ0n) is 53.4. The third-order valence-corrected chi connectivity index (χ3v) is 17.0. The third-order valence-electron chi connectivity index (χ3n) is 17.0. The molecule has 12 atom stereocenters. The van der Waals surface area contributed by atoms with Gasteiger partial charge in [-0.05, 0) is 57.8 Å². The van der Waals surface area contributed by atoms with Crippen molar-refractivity contribution in [2.45, 2.75) is 370 Å². The summed E-state index contributed by atoms with van der Waals surface area (Å²) in [6.45, 7) is 2.82. The van der Waals surface area contributed by atoms with Crippen LogP contribution in [0.4, 0.5) is 0 Å². The number of unbranched alkanes of at least 4 members (excludes halogenated alkanes) is 38. The molecular weight excluding hydrogens is 1060 g/mol. The number of carbonyl (C=O) groups is 1. The Morgan fingerprint density at radius 3 is 1.20 bits per heavy atom. The quantitative estimate of drug-likeness (QED) is 0.0204. The summed E-state index contributed by atoms with van der Waals surface area (Å²) in [7, 11) is 0. The van der Waals surface area contributed by atoms with E-state index in [4.69, 9.17) is 18.9 Å². The highest BCUT2D eigenvalue weighted by atomic mass is 16.7. The number of ether oxygens (including phenoxy) is 4. The lowest BCUT2D eigenvalue weighted by molar-refractivity contribution is -0.359. The molecule has 2 aliphatic rings. The highest BCUT2D eigenvalue weighted by molar-refractivity contribution is 5.76. The van der Waals surface area contributed by atoms with Gasteiger partial charge in [-0.1, -0.05) is 281 Å². The second-order valence-corrected chi connectivity index (χ2v) is 24.7. The Morgan fingerprint density at radius 2 is 0.786 bits per heavy atom. The summed E-state index contributed by atoms with van der Waals surface area (Å²) < 4.78 is 22.9. The van der Waals surface area contributed by atoms with Gasteiger partial charge >= 0.3 is 0 Å². The van der Waals surface area contributed by atoms with Gasteiger partial charge in [0.25, 0.3) is 0 Å². The van der Waals surface area contributed by atoms with Gasteiger partial charge in [0.05, 0.1) is 32.0 Å². The zero-order valence-corrected chi connectivity index (χ0v) is 53.4. The molecule has 84 heavy (non-hydrogen) atoms. The molecule has 2 saturated heterocycles. The van der Waals surface area contributed by atoms with Crippen molar-refractivity contribution < 1.29 is 64.6 Å². The smallest absolute Gasteiger partial charge is 0.220 e. The van der Waals surface area contributed by atoms with E-state index in [1.807, 2.05) is 6.08 Å². The summed E-state index contributed by atoms with van der Waals surface area (Å²) in [5.74, 6) is -0.244. The summed E-state index contributed by atoms with van der Waals surface area (Å²) in [5.41, 5.74) is 0. The summed E-state index contributed by atoms with van der Waals surface area (Å²) in [6, 6.07) is -0.922. The monoisotopic (exact) mass is 1190 g/mol. The molecule has 12 unspecified atom stereocenters. The highest BCUT2D eigenvalue weighted by Crippen LogP contribution is 2.30. The third kappa shape index (κ3) is 39.1. The predicted molar refractivity (Wildman–Crippen MR) is 341 cm³/mol. The number of rotatable bonds is 57. The predicted octanol–water partition coefficient (Wildman–Crippen LogP) is 13.9. The van der Waals surface area contributed by atoms with Crippen LogP contribution in [0.5, 0.6) is 0 Å². The largest absolute Gasteiger partial charge is 0.394 e. The van der Waals surface area contributed by atoms with Crippen molar-refractivity contribution in [3.63, 3.8) is 0 Å². The molecule has 0 saturated carbocycles. The zero-order chi connectivity index (χ0) is 60.9. The lowest BCUT2D eigenvalue weighted by Crippen LogP contribution is -2.65. The summed E-state index contributed by atoms with van der Waals surface area (Å²) in [5, 5.41) is 87.4. The molecule has 2 heterocycles. The van der Waals surface area contributed by atoms with Gasteiger partial charge in [0.1, 0.15) is 48.8 Å². The van der Waals surface area contributed by atoms with Crippen LogP contribution in [0.1, 0.15) is 296 Å². The molecule has 2 fully saturated rings. The molecule has 0 bridgehead atoms. The molecule has 0 aliphatic carbocycles. The second-order valence-electron chi connectivity index (χ2n) is 24.7. The second kappa shape index (κ2) is 55.1. The fourth-order valence-corrected chi connectivity index (χ4v) is 11.4. The van der Waals surface area contributed by atoms with Crippen LogP contribution in [0, 0.1) is 0 Å². The standard InChI is InChI=1S/C70H129NO13/c1-3-5-7-9-11-13-15-17-19-21-23-25-27-28-29-30-32-33-35-37-39-41-43-45-47-49-51-53-59(74)58(57-81-69-67(80)65(78)68(61(56-73)83-69)84-70-66(79)64(77)63(76)60(55-72)82-70)71-62(75)54-52-50-48-46-44-42-40-38-36-34-31-26-24-22-20-18-16-14-12-10-8-6-4-2/h16,18,22,24,31,34,51,53,58-61,63-70,72-74,76-80H,3-15,17,19-21,23,25-30,32-33,35-50,52,54-57H2,1-2H3,(H,71,75)/b18-16-,24-22-,34-31-,53-51+. The van der Waals surface area contributed by atoms with Crippen molar-refractivity contribution in [2.24, 2.45) is 0 Å². The Kier molecular flexibility index (Phi) is 51.1. The van der Waals surface area contributed by atoms with E-state index in [1.54, 1.807) is 6.08 Å². The highest BCUT2D eigenvalue weighted by Gasteiger charge is 2.51. The maximum absolute atomic E-state index is 13.3. The summed E-state index contributed by atoms with van der Waals surface area (Å²) in [6.07, 6.45) is 54.4. The van der Waals surface area contributed by atoms with Crippen molar-refractivity contribution in [1.82, 2.24) is 5.32 Å². The molecule has 14 nitrogen and oxygen atoms in total. The average molecular weight is 1190 g/mol. The number of hydrogen-bond acceptors (Lipinski definition) is 13. The lowest BCUT2D eigenvalue weighted by Gasteiger charge is -2.46. The van der Waals surface area contributed by atoms with Gasteiger partial charge in [0, 0.05) is 6.42 Å². The molecule has 2 rings (SSSR count). The molecule has 2 aliphatic heterocycles. The minimum atomic E-state index is -1.79. The molecule has 0 aromatic carbocycles. The SMILES string of the molecule is CCCCCCC/C=C\C/C=C\C/C=C\CCCCCCCCCCC(=O)NC(COC1OC(CO)C(OC2OC(CO)C(O)C(O)C2O)C(O)C1O)C(O)/C=C/CCCCCCCCCCCCCCCCCCCCCCCCCCC. The van der Waals surface area contributed by atoms with Crippen molar-refractivity contribution in [1.29, 1.82) is 0 Å². The Labute approximate surface area is 512 Å². The fraction of sp³-hybridized carbons (Fsp3) is 0.871. The van der Waals surface area contributed by atoms with Gasteiger partial charge in [0.15, 0.2) is 12.6 Å². The molecule has 9 N–H and O–H groups in total. The minimum absolute atomic E-state index is 0.244. The van der Waals surface area contributed by atoms with Crippen LogP contribution in [0.25, 0.3) is 0 Å². The summed E-state index contributed by atoms with van der Waals surface area (Å²) >= 11 is 0. The summed E-state index contributed by atoms with van der Waals surface area (Å²) in [4.78, 5) is 13.3. The molecule has 0 spiro atoms. The minimum Gasteiger partial charge on any atom is -0.394 e. The van der Waals surface area contributed by atoms with E-state index in [-0.39, 0.29) is 18.9 Å². The first-order valence-corrected chi connectivity index (χ1v) is 34.9. The molecular formula is C70H129NO13. The Hall–Kier alpha value is -2.05. The maximum Gasteiger partial charge on any atom is 0.220 e. The van der Waals surface area contributed by atoms with Crippen LogP contribution in [-0.2, 0) is 23.7 Å². The number of hydrogen-bond donors (Lipinski definition) is 9. The lowest BCUT2D eigenvalue weighted by atomic mass is 9.97. The number of carbonyl (C=O) groups excluding carboxylic acids is 1. The molecule has 0 radical (unpaired) electrons. The van der Waals surface area contributed by atoms with Crippen LogP contribution in [-0.4, -0.2) is 140 Å². The van der Waals surface area contributed by atoms with E-state index in [1.165, 1.54) is 212 Å². The first-order valence-electron chi connectivity index (χ1n) is 34.9. The van der Waals surface area contributed by atoms with Crippen LogP contribution >= 0.6 is 0 Å². The first-order chi connectivity index (χ1) is 41.1. The molecule has 1 amide bonds. The molecule has 492 valence electrons. The number of amides is 1. The maximum atomic E-state index is 13.3. The van der Waals surface area contributed by atoms with Crippen LogP contribution in [0.15, 0.2) is 48.6 Å². The van der Waals surface area contributed by atoms with E-state index in [0.717, 1.165) is 57.8 Å². The van der Waals surface area contributed by atoms with Gasteiger partial charge in [-0.15, -0.1) is 0 Å².